The van der Waals surface area contributed by atoms with Crippen molar-refractivity contribution in [1.29, 1.82) is 0 Å². The number of nitrogens with zero attached hydrogens (tertiary/aromatic N) is 1. The Morgan fingerprint density at radius 1 is 0.316 bits per heavy atom. The average Bonchev–Trinajstić information content (AvgIpc) is 3.01. The van der Waals surface area contributed by atoms with E-state index in [4.69, 9.17) is 4.98 Å². The van der Waals surface area contributed by atoms with Gasteiger partial charge in [0.1, 0.15) is 0 Å². The molecule has 7 rings (SSSR count). The maximum Gasteiger partial charge on any atom is 0.0702 e. The zero-order valence-electron chi connectivity index (χ0n) is 20.9. The van der Waals surface area contributed by atoms with Crippen LogP contribution in [0.15, 0.2) is 152 Å². The summed E-state index contributed by atoms with van der Waals surface area (Å²) in [4.78, 5) is 4.80. The van der Waals surface area contributed by atoms with E-state index in [2.05, 4.69) is 127 Å². The van der Waals surface area contributed by atoms with Crippen molar-refractivity contribution in [3.05, 3.63) is 152 Å². The van der Waals surface area contributed by atoms with Crippen LogP contribution in [-0.2, 0) is 0 Å². The van der Waals surface area contributed by atoms with Crippen molar-refractivity contribution in [3.8, 4) is 44.6 Å². The van der Waals surface area contributed by atoms with E-state index >= 15 is 0 Å². The molecule has 1 nitrogen and oxygen atoms in total. The molecular weight excluding hydrogens is 458 g/mol. The predicted molar refractivity (Wildman–Crippen MR) is 161 cm³/mol. The molecule has 178 valence electrons. The topological polar surface area (TPSA) is 12.9 Å². The van der Waals surface area contributed by atoms with E-state index in [-0.39, 0.29) is 0 Å². The number of rotatable bonds is 4. The fourth-order valence-electron chi connectivity index (χ4n) is 5.53. The summed E-state index contributed by atoms with van der Waals surface area (Å²) >= 11 is 0. The van der Waals surface area contributed by atoms with Crippen LogP contribution in [0, 0.1) is 0 Å². The lowest BCUT2D eigenvalue weighted by Gasteiger charge is -2.18. The summed E-state index contributed by atoms with van der Waals surface area (Å²) in [5.41, 5.74) is 9.39. The normalized spacial score (nSPS) is 11.2. The van der Waals surface area contributed by atoms with E-state index < -0.39 is 0 Å². The van der Waals surface area contributed by atoms with E-state index in [0.717, 1.165) is 22.4 Å². The number of hydrogen-bond donors (Lipinski definition) is 0. The van der Waals surface area contributed by atoms with Crippen molar-refractivity contribution in [2.24, 2.45) is 0 Å². The van der Waals surface area contributed by atoms with Crippen LogP contribution in [0.25, 0.3) is 66.2 Å². The van der Waals surface area contributed by atoms with Crippen LogP contribution in [0.4, 0.5) is 0 Å². The summed E-state index contributed by atoms with van der Waals surface area (Å²) in [6.45, 7) is 0. The highest BCUT2D eigenvalue weighted by molar-refractivity contribution is 6.21. The largest absolute Gasteiger partial charge is 0.256 e. The van der Waals surface area contributed by atoms with Crippen molar-refractivity contribution in [3.63, 3.8) is 0 Å². The first-order chi connectivity index (χ1) is 18.9. The third kappa shape index (κ3) is 3.86. The van der Waals surface area contributed by atoms with Crippen LogP contribution in [0.1, 0.15) is 0 Å². The molecule has 0 aliphatic carbocycles. The van der Waals surface area contributed by atoms with Gasteiger partial charge in [-0.15, -0.1) is 0 Å². The van der Waals surface area contributed by atoms with Crippen LogP contribution in [-0.4, -0.2) is 4.98 Å². The Kier molecular flexibility index (Phi) is 5.53. The lowest BCUT2D eigenvalue weighted by Crippen LogP contribution is -1.92. The Labute approximate surface area is 222 Å². The summed E-state index contributed by atoms with van der Waals surface area (Å²) < 4.78 is 0. The van der Waals surface area contributed by atoms with Crippen molar-refractivity contribution >= 4 is 21.5 Å². The molecule has 0 atom stereocenters. The van der Waals surface area contributed by atoms with Crippen molar-refractivity contribution < 1.29 is 0 Å². The summed E-state index contributed by atoms with van der Waals surface area (Å²) in [6.07, 6.45) is 1.99. The molecule has 0 fully saturated rings. The molecule has 7 aromatic rings. The lowest BCUT2D eigenvalue weighted by atomic mass is 9.85. The molecule has 0 saturated carbocycles. The average molecular weight is 484 g/mol. The Balaban J connectivity index is 1.50. The molecule has 0 spiro atoms. The van der Waals surface area contributed by atoms with Gasteiger partial charge in [0.05, 0.1) is 5.69 Å². The number of pyridine rings is 1. The van der Waals surface area contributed by atoms with Gasteiger partial charge in [-0.3, -0.25) is 4.98 Å². The summed E-state index contributed by atoms with van der Waals surface area (Å²) in [5.74, 6) is 0. The van der Waals surface area contributed by atoms with Gasteiger partial charge in [0.2, 0.25) is 0 Å². The van der Waals surface area contributed by atoms with Crippen molar-refractivity contribution in [1.82, 2.24) is 4.98 Å². The monoisotopic (exact) mass is 483 g/mol. The van der Waals surface area contributed by atoms with Crippen LogP contribution in [0.3, 0.4) is 0 Å². The van der Waals surface area contributed by atoms with Crippen molar-refractivity contribution in [2.45, 2.75) is 0 Å². The van der Waals surface area contributed by atoms with Gasteiger partial charge in [-0.25, -0.2) is 0 Å². The van der Waals surface area contributed by atoms with Crippen molar-refractivity contribution in [2.75, 3.05) is 0 Å². The Morgan fingerprint density at radius 3 is 1.34 bits per heavy atom. The third-order valence-corrected chi connectivity index (χ3v) is 7.32. The van der Waals surface area contributed by atoms with Gasteiger partial charge < -0.3 is 0 Å². The second kappa shape index (κ2) is 9.46. The Bertz CT molecular complexity index is 1870. The number of hydrogen-bond acceptors (Lipinski definition) is 1. The number of aromatic nitrogens is 1. The molecule has 0 amide bonds. The van der Waals surface area contributed by atoms with E-state index in [1.165, 1.54) is 43.8 Å². The lowest BCUT2D eigenvalue weighted by molar-refractivity contribution is 1.33. The maximum atomic E-state index is 4.80. The second-order valence-electron chi connectivity index (χ2n) is 9.59. The molecular formula is C37H25N. The summed E-state index contributed by atoms with van der Waals surface area (Å²) in [7, 11) is 0. The van der Waals surface area contributed by atoms with Crippen LogP contribution in [0.2, 0.25) is 0 Å². The van der Waals surface area contributed by atoms with Gasteiger partial charge in [0.25, 0.3) is 0 Å². The fraction of sp³-hybridized carbons (Fsp3) is 0. The molecule has 0 aliphatic heterocycles. The smallest absolute Gasteiger partial charge is 0.0702 e. The van der Waals surface area contributed by atoms with E-state index in [9.17, 15) is 0 Å². The molecule has 1 heterocycles. The fourth-order valence-corrected chi connectivity index (χ4v) is 5.53. The molecule has 0 saturated heterocycles. The Hall–Kier alpha value is -5.01. The molecule has 0 aliphatic rings. The quantitative estimate of drug-likeness (QED) is 0.227. The Morgan fingerprint density at radius 2 is 0.789 bits per heavy atom. The zero-order chi connectivity index (χ0) is 25.3. The molecule has 0 N–H and O–H groups in total. The standard InChI is InChI=1S/C37H25N/c1-4-12-26(13-5-1)35-23-21-30(25-38-35)29-20-22-33-34(24-29)37(28-16-8-3-9-17-28)32-19-11-10-18-31(32)36(33)27-14-6-2-7-15-27/h1-25H. The number of fused-ring (bicyclic) bond motifs is 2. The predicted octanol–water partition coefficient (Wildman–Crippen LogP) is 10.1. The number of benzene rings is 6. The van der Waals surface area contributed by atoms with Crippen LogP contribution in [0.5, 0.6) is 0 Å². The summed E-state index contributed by atoms with van der Waals surface area (Å²) in [6, 6.07) is 51.8. The first kappa shape index (κ1) is 22.2. The minimum Gasteiger partial charge on any atom is -0.256 e. The highest BCUT2D eigenvalue weighted by atomic mass is 14.7. The molecule has 0 radical (unpaired) electrons. The molecule has 6 aromatic carbocycles. The summed E-state index contributed by atoms with van der Waals surface area (Å²) in [5, 5.41) is 5.04. The highest BCUT2D eigenvalue weighted by Gasteiger charge is 2.17. The minimum atomic E-state index is 0.984. The zero-order valence-corrected chi connectivity index (χ0v) is 20.9. The molecule has 1 heteroatoms. The van der Waals surface area contributed by atoms with E-state index in [0.29, 0.717) is 0 Å². The van der Waals surface area contributed by atoms with Gasteiger partial charge in [-0.05, 0) is 61.5 Å². The molecule has 0 unspecified atom stereocenters. The van der Waals surface area contributed by atoms with Gasteiger partial charge in [0, 0.05) is 17.3 Å². The van der Waals surface area contributed by atoms with Gasteiger partial charge >= 0.3 is 0 Å². The maximum absolute atomic E-state index is 4.80. The van der Waals surface area contributed by atoms with Gasteiger partial charge in [-0.1, -0.05) is 133 Å². The first-order valence-corrected chi connectivity index (χ1v) is 13.0. The SMILES string of the molecule is c1ccc(-c2ccc(-c3ccc4c(-c5ccccc5)c5ccccc5c(-c5ccccc5)c4c3)cn2)cc1. The molecule has 38 heavy (non-hydrogen) atoms. The highest BCUT2D eigenvalue weighted by Crippen LogP contribution is 2.44. The van der Waals surface area contributed by atoms with E-state index in [1.54, 1.807) is 0 Å². The molecule has 1 aromatic heterocycles. The van der Waals surface area contributed by atoms with Crippen LogP contribution >= 0.6 is 0 Å². The third-order valence-electron chi connectivity index (χ3n) is 7.32. The second-order valence-corrected chi connectivity index (χ2v) is 9.59. The van der Waals surface area contributed by atoms with Crippen LogP contribution < -0.4 is 0 Å². The molecule has 0 bridgehead atoms. The van der Waals surface area contributed by atoms with Gasteiger partial charge in [-0.2, -0.15) is 0 Å². The minimum absolute atomic E-state index is 0.984. The van der Waals surface area contributed by atoms with Gasteiger partial charge in [0.15, 0.2) is 0 Å². The van der Waals surface area contributed by atoms with E-state index in [1.807, 2.05) is 24.4 Å². The first-order valence-electron chi connectivity index (χ1n) is 13.0.